The number of benzene rings is 2. The highest BCUT2D eigenvalue weighted by atomic mass is 32.1. The van der Waals surface area contributed by atoms with E-state index in [0.29, 0.717) is 22.2 Å². The van der Waals surface area contributed by atoms with Gasteiger partial charge >= 0.3 is 0 Å². The fourth-order valence-corrected chi connectivity index (χ4v) is 4.33. The number of furan rings is 1. The third-order valence-electron chi connectivity index (χ3n) is 4.94. The first-order valence-corrected chi connectivity index (χ1v) is 10.4. The van der Waals surface area contributed by atoms with Crippen LogP contribution < -0.4 is 5.32 Å². The summed E-state index contributed by atoms with van der Waals surface area (Å²) >= 11 is 1.49. The Labute approximate surface area is 181 Å². The molecular formula is C23H17FN4O2S. The average molecular weight is 432 g/mol. The number of hydrogen-bond donors (Lipinski definition) is 1. The molecule has 0 fully saturated rings. The molecule has 2 aromatic carbocycles. The number of carbonyl (C=O) groups is 1. The summed E-state index contributed by atoms with van der Waals surface area (Å²) in [7, 11) is 1.79. The maximum atomic E-state index is 14.5. The average Bonchev–Trinajstić information content (AvgIpc) is 3.51. The lowest BCUT2D eigenvalue weighted by Crippen LogP contribution is -2.31. The zero-order chi connectivity index (χ0) is 21.4. The van der Waals surface area contributed by atoms with Crippen molar-refractivity contribution in [1.29, 1.82) is 0 Å². The van der Waals surface area contributed by atoms with Crippen LogP contribution in [0.25, 0.3) is 21.0 Å². The Bertz CT molecular complexity index is 1350. The van der Waals surface area contributed by atoms with Crippen LogP contribution >= 0.6 is 11.3 Å². The van der Waals surface area contributed by atoms with Crippen LogP contribution in [0.1, 0.15) is 28.0 Å². The number of amides is 1. The molecule has 0 saturated heterocycles. The number of halogens is 1. The van der Waals surface area contributed by atoms with Gasteiger partial charge in [-0.25, -0.2) is 14.4 Å². The Morgan fingerprint density at radius 2 is 1.94 bits per heavy atom. The summed E-state index contributed by atoms with van der Waals surface area (Å²) in [5.41, 5.74) is 1.20. The molecule has 1 atom stereocenters. The molecule has 3 heterocycles. The van der Waals surface area contributed by atoms with Crippen molar-refractivity contribution in [3.63, 3.8) is 0 Å². The zero-order valence-electron chi connectivity index (χ0n) is 16.4. The van der Waals surface area contributed by atoms with Gasteiger partial charge in [-0.2, -0.15) is 0 Å². The Kier molecular flexibility index (Phi) is 4.83. The highest BCUT2D eigenvalue weighted by molar-refractivity contribution is 7.21. The van der Waals surface area contributed by atoms with E-state index in [1.165, 1.54) is 17.4 Å². The molecule has 6 nitrogen and oxygen atoms in total. The fourth-order valence-electron chi connectivity index (χ4n) is 3.40. The maximum absolute atomic E-state index is 14.5. The van der Waals surface area contributed by atoms with Gasteiger partial charge in [-0.05, 0) is 30.3 Å². The number of carbonyl (C=O) groups excluding carboxylic acids is 1. The molecule has 8 heteroatoms. The third-order valence-corrected chi connectivity index (χ3v) is 5.99. The first-order chi connectivity index (χ1) is 15.1. The second kappa shape index (κ2) is 7.81. The first-order valence-electron chi connectivity index (χ1n) is 9.58. The summed E-state index contributed by atoms with van der Waals surface area (Å²) in [6, 6.07) is 16.6. The summed E-state index contributed by atoms with van der Waals surface area (Å²) in [4.78, 5) is 21.8. The van der Waals surface area contributed by atoms with Crippen molar-refractivity contribution >= 4 is 27.5 Å². The van der Waals surface area contributed by atoms with Gasteiger partial charge in [0.2, 0.25) is 0 Å². The number of nitrogens with zero attached hydrogens (tertiary/aromatic N) is 3. The van der Waals surface area contributed by atoms with E-state index in [2.05, 4.69) is 15.3 Å². The summed E-state index contributed by atoms with van der Waals surface area (Å²) in [6.07, 6.45) is 3.35. The lowest BCUT2D eigenvalue weighted by Gasteiger charge is -2.19. The second-order valence-corrected chi connectivity index (χ2v) is 8.01. The molecule has 1 unspecified atom stereocenters. The lowest BCUT2D eigenvalue weighted by molar-refractivity contribution is 0.0913. The van der Waals surface area contributed by atoms with Gasteiger partial charge in [0.15, 0.2) is 16.5 Å². The SMILES string of the molecule is Cn1ccnc1C(NC(=O)c1ccc(-c2nc3ccccc3s2)o1)c1ccccc1F. The van der Waals surface area contributed by atoms with Crippen LogP contribution in [0.15, 0.2) is 77.5 Å². The van der Waals surface area contributed by atoms with Crippen LogP contribution in [-0.4, -0.2) is 20.4 Å². The van der Waals surface area contributed by atoms with Crippen LogP contribution in [0.2, 0.25) is 0 Å². The molecular weight excluding hydrogens is 415 g/mol. The van der Waals surface area contributed by atoms with Gasteiger partial charge in [0.25, 0.3) is 5.91 Å². The van der Waals surface area contributed by atoms with E-state index in [-0.39, 0.29) is 5.76 Å². The number of rotatable bonds is 5. The fraction of sp³-hybridized carbons (Fsp3) is 0.0870. The molecule has 0 spiro atoms. The van der Waals surface area contributed by atoms with Gasteiger partial charge < -0.3 is 14.3 Å². The van der Waals surface area contributed by atoms with Crippen molar-refractivity contribution in [3.8, 4) is 10.8 Å². The van der Waals surface area contributed by atoms with Gasteiger partial charge in [0.1, 0.15) is 17.7 Å². The number of para-hydroxylation sites is 1. The molecule has 0 saturated carbocycles. The van der Waals surface area contributed by atoms with E-state index in [0.717, 1.165) is 10.2 Å². The van der Waals surface area contributed by atoms with Crippen LogP contribution in [0.3, 0.4) is 0 Å². The summed E-state index contributed by atoms with van der Waals surface area (Å²) in [5, 5.41) is 3.54. The van der Waals surface area contributed by atoms with Crippen LogP contribution in [0.4, 0.5) is 4.39 Å². The van der Waals surface area contributed by atoms with E-state index in [1.807, 2.05) is 24.3 Å². The number of thiazole rings is 1. The second-order valence-electron chi connectivity index (χ2n) is 6.97. The minimum Gasteiger partial charge on any atom is -0.448 e. The van der Waals surface area contributed by atoms with E-state index in [4.69, 9.17) is 4.42 Å². The molecule has 5 rings (SSSR count). The quantitative estimate of drug-likeness (QED) is 0.427. The monoisotopic (exact) mass is 432 g/mol. The molecule has 154 valence electrons. The molecule has 31 heavy (non-hydrogen) atoms. The van der Waals surface area contributed by atoms with E-state index < -0.39 is 17.8 Å². The largest absolute Gasteiger partial charge is 0.448 e. The minimum absolute atomic E-state index is 0.116. The molecule has 3 aromatic heterocycles. The Morgan fingerprint density at radius 3 is 2.71 bits per heavy atom. The van der Waals surface area contributed by atoms with Crippen molar-refractivity contribution in [1.82, 2.24) is 19.9 Å². The van der Waals surface area contributed by atoms with Crippen molar-refractivity contribution in [3.05, 3.63) is 96.0 Å². The molecule has 0 aliphatic carbocycles. The molecule has 1 N–H and O–H groups in total. The van der Waals surface area contributed by atoms with Gasteiger partial charge in [-0.1, -0.05) is 30.3 Å². The molecule has 0 aliphatic rings. The van der Waals surface area contributed by atoms with Gasteiger partial charge in [0, 0.05) is 25.0 Å². The van der Waals surface area contributed by atoms with Crippen molar-refractivity contribution in [2.75, 3.05) is 0 Å². The minimum atomic E-state index is -0.773. The van der Waals surface area contributed by atoms with Gasteiger partial charge in [-0.3, -0.25) is 4.79 Å². The normalized spacial score (nSPS) is 12.2. The highest BCUT2D eigenvalue weighted by Crippen LogP contribution is 2.31. The molecule has 5 aromatic rings. The zero-order valence-corrected chi connectivity index (χ0v) is 17.3. The van der Waals surface area contributed by atoms with E-state index in [9.17, 15) is 9.18 Å². The molecule has 0 bridgehead atoms. The molecule has 0 aliphatic heterocycles. The number of imidazole rings is 1. The topological polar surface area (TPSA) is 73.0 Å². The standard InChI is InChI=1S/C23H17FN4O2S/c1-28-13-12-25-21(28)20(14-6-2-3-7-15(14)24)27-22(29)17-10-11-18(30-17)23-26-16-8-4-5-9-19(16)31-23/h2-13,20H,1H3,(H,27,29). The number of hydrogen-bond acceptors (Lipinski definition) is 5. The van der Waals surface area contributed by atoms with Crippen LogP contribution in [-0.2, 0) is 7.05 Å². The predicted octanol–water partition coefficient (Wildman–Crippen LogP) is 4.95. The Morgan fingerprint density at radius 1 is 1.13 bits per heavy atom. The predicted molar refractivity (Wildman–Crippen MR) is 116 cm³/mol. The van der Waals surface area contributed by atoms with Crippen molar-refractivity contribution < 1.29 is 13.6 Å². The first kappa shape index (κ1) is 19.2. The maximum Gasteiger partial charge on any atom is 0.287 e. The van der Waals surface area contributed by atoms with Gasteiger partial charge in [0.05, 0.1) is 10.2 Å². The third kappa shape index (κ3) is 3.62. The summed E-state index contributed by atoms with van der Waals surface area (Å²) in [6.45, 7) is 0. The van der Waals surface area contributed by atoms with Crippen molar-refractivity contribution in [2.24, 2.45) is 7.05 Å². The van der Waals surface area contributed by atoms with E-state index in [1.54, 1.807) is 54.3 Å². The number of aryl methyl sites for hydroxylation is 1. The molecule has 0 radical (unpaired) electrons. The van der Waals surface area contributed by atoms with E-state index >= 15 is 0 Å². The van der Waals surface area contributed by atoms with Gasteiger partial charge in [-0.15, -0.1) is 11.3 Å². The summed E-state index contributed by atoms with van der Waals surface area (Å²) < 4.78 is 23.1. The molecule has 1 amide bonds. The number of aromatic nitrogens is 3. The van der Waals surface area contributed by atoms with Crippen LogP contribution in [0.5, 0.6) is 0 Å². The summed E-state index contributed by atoms with van der Waals surface area (Å²) in [5.74, 6) is 0.237. The number of fused-ring (bicyclic) bond motifs is 1. The Balaban J connectivity index is 1.45. The highest BCUT2D eigenvalue weighted by Gasteiger charge is 2.25. The lowest BCUT2D eigenvalue weighted by atomic mass is 10.1. The smallest absolute Gasteiger partial charge is 0.287 e. The van der Waals surface area contributed by atoms with Crippen LogP contribution in [0, 0.1) is 5.82 Å². The van der Waals surface area contributed by atoms with Crippen molar-refractivity contribution in [2.45, 2.75) is 6.04 Å². The number of nitrogens with one attached hydrogen (secondary N) is 1. The Hall–Kier alpha value is -3.78.